The molecule has 9 heteroatoms. The van der Waals surface area contributed by atoms with Crippen molar-refractivity contribution in [3.63, 3.8) is 0 Å². The fourth-order valence-corrected chi connectivity index (χ4v) is 3.92. The van der Waals surface area contributed by atoms with E-state index >= 15 is 0 Å². The van der Waals surface area contributed by atoms with Crippen LogP contribution in [-0.4, -0.2) is 41.1 Å². The molecule has 0 unspecified atom stereocenters. The SMILES string of the molecule is COc1cccc(-c2noc(CNC(=O)C3CCN(Cc4ccc(Cl)cc4F)CC3)n2)c1. The standard InChI is InChI=1S/C23H24ClFN4O3/c1-31-19-4-2-3-16(11-19)22-27-21(32-28-22)13-26-23(30)15-7-9-29(10-8-15)14-17-5-6-18(24)12-20(17)25/h2-6,11-12,15H,7-10,13-14H2,1H3,(H,26,30). The Morgan fingerprint density at radius 1 is 1.28 bits per heavy atom. The maximum absolute atomic E-state index is 14.0. The molecule has 0 bridgehead atoms. The summed E-state index contributed by atoms with van der Waals surface area (Å²) in [4.78, 5) is 19.1. The highest BCUT2D eigenvalue weighted by atomic mass is 35.5. The van der Waals surface area contributed by atoms with E-state index in [1.807, 2.05) is 24.3 Å². The van der Waals surface area contributed by atoms with Crippen LogP contribution in [0.3, 0.4) is 0 Å². The molecule has 0 saturated carbocycles. The van der Waals surface area contributed by atoms with E-state index in [-0.39, 0.29) is 24.2 Å². The van der Waals surface area contributed by atoms with Crippen molar-refractivity contribution in [2.75, 3.05) is 20.2 Å². The van der Waals surface area contributed by atoms with Crippen molar-refractivity contribution in [3.8, 4) is 17.1 Å². The molecule has 1 amide bonds. The Bertz CT molecular complexity index is 1080. The van der Waals surface area contributed by atoms with E-state index in [0.717, 1.165) is 18.7 Å². The molecule has 0 aliphatic carbocycles. The molecule has 2 aromatic carbocycles. The number of rotatable bonds is 7. The van der Waals surface area contributed by atoms with Gasteiger partial charge in [-0.15, -0.1) is 0 Å². The Hall–Kier alpha value is -2.97. The van der Waals surface area contributed by atoms with Gasteiger partial charge in [-0.1, -0.05) is 35.0 Å². The van der Waals surface area contributed by atoms with Gasteiger partial charge in [0.1, 0.15) is 11.6 Å². The number of piperidine rings is 1. The minimum Gasteiger partial charge on any atom is -0.497 e. The highest BCUT2D eigenvalue weighted by Gasteiger charge is 2.25. The smallest absolute Gasteiger partial charge is 0.246 e. The number of hydrogen-bond acceptors (Lipinski definition) is 6. The molecule has 32 heavy (non-hydrogen) atoms. The fourth-order valence-electron chi connectivity index (χ4n) is 3.76. The quantitative estimate of drug-likeness (QED) is 0.575. The largest absolute Gasteiger partial charge is 0.497 e. The summed E-state index contributed by atoms with van der Waals surface area (Å²) < 4.78 is 24.5. The first-order chi connectivity index (χ1) is 15.5. The molecule has 0 atom stereocenters. The lowest BCUT2D eigenvalue weighted by molar-refractivity contribution is -0.126. The van der Waals surface area contributed by atoms with Gasteiger partial charge in [0.05, 0.1) is 13.7 Å². The Morgan fingerprint density at radius 3 is 2.84 bits per heavy atom. The van der Waals surface area contributed by atoms with E-state index in [1.54, 1.807) is 19.2 Å². The number of aromatic nitrogens is 2. The maximum Gasteiger partial charge on any atom is 0.246 e. The number of carbonyl (C=O) groups excluding carboxylic acids is 1. The predicted octanol–water partition coefficient (Wildman–Crippen LogP) is 4.07. The number of nitrogens with one attached hydrogen (secondary N) is 1. The first-order valence-corrected chi connectivity index (χ1v) is 10.8. The van der Waals surface area contributed by atoms with Gasteiger partial charge < -0.3 is 14.6 Å². The number of halogens is 2. The van der Waals surface area contributed by atoms with E-state index in [2.05, 4.69) is 20.4 Å². The summed E-state index contributed by atoms with van der Waals surface area (Å²) in [5, 5.41) is 7.25. The summed E-state index contributed by atoms with van der Waals surface area (Å²) in [6.07, 6.45) is 1.42. The highest BCUT2D eigenvalue weighted by molar-refractivity contribution is 6.30. The topological polar surface area (TPSA) is 80.5 Å². The molecule has 3 aromatic rings. The van der Waals surface area contributed by atoms with E-state index in [9.17, 15) is 9.18 Å². The molecule has 7 nitrogen and oxygen atoms in total. The second kappa shape index (κ2) is 10.1. The number of benzene rings is 2. The van der Waals surface area contributed by atoms with Crippen molar-refractivity contribution in [2.45, 2.75) is 25.9 Å². The van der Waals surface area contributed by atoms with Crippen molar-refractivity contribution in [1.29, 1.82) is 0 Å². The number of amides is 1. The minimum atomic E-state index is -0.301. The lowest BCUT2D eigenvalue weighted by Gasteiger charge is -2.31. The van der Waals surface area contributed by atoms with Gasteiger partial charge in [0.2, 0.25) is 17.6 Å². The Balaban J connectivity index is 1.25. The van der Waals surface area contributed by atoms with Gasteiger partial charge in [-0.25, -0.2) is 4.39 Å². The van der Waals surface area contributed by atoms with Gasteiger partial charge in [-0.05, 0) is 50.2 Å². The number of likely N-dealkylation sites (tertiary alicyclic amines) is 1. The molecule has 168 valence electrons. The second-order valence-electron chi connectivity index (χ2n) is 7.75. The molecular formula is C23H24ClFN4O3. The van der Waals surface area contributed by atoms with Crippen LogP contribution in [0.25, 0.3) is 11.4 Å². The van der Waals surface area contributed by atoms with Crippen LogP contribution in [0.15, 0.2) is 47.0 Å². The first kappa shape index (κ1) is 22.2. The third-order valence-electron chi connectivity index (χ3n) is 5.58. The lowest BCUT2D eigenvalue weighted by Crippen LogP contribution is -2.40. The predicted molar refractivity (Wildman–Crippen MR) is 118 cm³/mol. The Morgan fingerprint density at radius 2 is 2.09 bits per heavy atom. The molecule has 1 aliphatic heterocycles. The van der Waals surface area contributed by atoms with E-state index in [4.69, 9.17) is 20.9 Å². The lowest BCUT2D eigenvalue weighted by atomic mass is 9.95. The molecule has 0 radical (unpaired) electrons. The summed E-state index contributed by atoms with van der Waals surface area (Å²) in [5.41, 5.74) is 1.38. The summed E-state index contributed by atoms with van der Waals surface area (Å²) in [6, 6.07) is 12.1. The van der Waals surface area contributed by atoms with E-state index in [1.165, 1.54) is 6.07 Å². The van der Waals surface area contributed by atoms with Crippen LogP contribution in [0.1, 0.15) is 24.3 Å². The summed E-state index contributed by atoms with van der Waals surface area (Å²) in [5.74, 6) is 1.05. The number of hydrogen-bond donors (Lipinski definition) is 1. The molecule has 1 fully saturated rings. The average molecular weight is 459 g/mol. The third-order valence-corrected chi connectivity index (χ3v) is 5.81. The van der Waals surface area contributed by atoms with Gasteiger partial charge in [-0.2, -0.15) is 4.98 Å². The Labute approximate surface area is 190 Å². The monoisotopic (exact) mass is 458 g/mol. The van der Waals surface area contributed by atoms with Crippen molar-refractivity contribution >= 4 is 17.5 Å². The van der Waals surface area contributed by atoms with Gasteiger partial charge in [-0.3, -0.25) is 9.69 Å². The molecule has 2 heterocycles. The average Bonchev–Trinajstić information content (AvgIpc) is 3.29. The van der Waals surface area contributed by atoms with Crippen LogP contribution < -0.4 is 10.1 Å². The number of nitrogens with zero attached hydrogens (tertiary/aromatic N) is 3. The minimum absolute atomic E-state index is 0.0385. The summed E-state index contributed by atoms with van der Waals surface area (Å²) in [6.45, 7) is 2.12. The highest BCUT2D eigenvalue weighted by Crippen LogP contribution is 2.23. The molecule has 4 rings (SSSR count). The van der Waals surface area contributed by atoms with Gasteiger partial charge in [0, 0.05) is 28.6 Å². The van der Waals surface area contributed by atoms with Crippen LogP contribution in [0.4, 0.5) is 4.39 Å². The fraction of sp³-hybridized carbons (Fsp3) is 0.348. The number of ether oxygens (including phenoxy) is 1. The zero-order chi connectivity index (χ0) is 22.5. The van der Waals surface area contributed by atoms with Crippen LogP contribution in [-0.2, 0) is 17.9 Å². The normalized spacial score (nSPS) is 15.0. The van der Waals surface area contributed by atoms with Crippen LogP contribution in [0, 0.1) is 11.7 Å². The molecule has 0 spiro atoms. The van der Waals surface area contributed by atoms with Crippen molar-refractivity contribution in [2.24, 2.45) is 5.92 Å². The summed E-state index contributed by atoms with van der Waals surface area (Å²) >= 11 is 5.81. The van der Waals surface area contributed by atoms with Crippen molar-refractivity contribution in [1.82, 2.24) is 20.4 Å². The maximum atomic E-state index is 14.0. The molecule has 1 saturated heterocycles. The molecule has 1 aliphatic rings. The zero-order valence-electron chi connectivity index (χ0n) is 17.7. The van der Waals surface area contributed by atoms with E-state index < -0.39 is 0 Å². The second-order valence-corrected chi connectivity index (χ2v) is 8.18. The van der Waals surface area contributed by atoms with Gasteiger partial charge in [0.25, 0.3) is 0 Å². The van der Waals surface area contributed by atoms with Crippen LogP contribution in [0.2, 0.25) is 5.02 Å². The van der Waals surface area contributed by atoms with Gasteiger partial charge >= 0.3 is 0 Å². The van der Waals surface area contributed by atoms with Crippen molar-refractivity contribution in [3.05, 3.63) is 64.8 Å². The van der Waals surface area contributed by atoms with Gasteiger partial charge in [0.15, 0.2) is 0 Å². The summed E-state index contributed by atoms with van der Waals surface area (Å²) in [7, 11) is 1.59. The number of methoxy groups -OCH3 is 1. The van der Waals surface area contributed by atoms with Crippen molar-refractivity contribution < 1.29 is 18.4 Å². The number of carbonyl (C=O) groups is 1. The van der Waals surface area contributed by atoms with Crippen LogP contribution >= 0.6 is 11.6 Å². The Kier molecular flexibility index (Phi) is 7.02. The first-order valence-electron chi connectivity index (χ1n) is 10.4. The van der Waals surface area contributed by atoms with E-state index in [0.29, 0.717) is 47.4 Å². The zero-order valence-corrected chi connectivity index (χ0v) is 18.4. The van der Waals surface area contributed by atoms with Crippen LogP contribution in [0.5, 0.6) is 5.75 Å². The third kappa shape index (κ3) is 5.44. The molecule has 1 N–H and O–H groups in total. The molecule has 1 aromatic heterocycles. The molecular weight excluding hydrogens is 435 g/mol.